The third-order valence-corrected chi connectivity index (χ3v) is 6.69. The second-order valence-corrected chi connectivity index (χ2v) is 9.92. The summed E-state index contributed by atoms with van der Waals surface area (Å²) >= 11 is 6.37. The minimum atomic E-state index is -0.484. The minimum absolute atomic E-state index is 0.0263. The molecule has 0 N–H and O–H groups in total. The van der Waals surface area contributed by atoms with Crippen molar-refractivity contribution in [2.24, 2.45) is 0 Å². The summed E-state index contributed by atoms with van der Waals surface area (Å²) in [4.78, 5) is 28.7. The number of anilines is 1. The summed E-state index contributed by atoms with van der Waals surface area (Å²) in [7, 11) is 3.31. The highest BCUT2D eigenvalue weighted by Gasteiger charge is 2.28. The van der Waals surface area contributed by atoms with Gasteiger partial charge in [-0.1, -0.05) is 30.6 Å². The van der Waals surface area contributed by atoms with Gasteiger partial charge in [0.1, 0.15) is 17.5 Å². The van der Waals surface area contributed by atoms with Crippen molar-refractivity contribution in [1.82, 2.24) is 29.6 Å². The summed E-state index contributed by atoms with van der Waals surface area (Å²) in [5, 5.41) is 4.43. The van der Waals surface area contributed by atoms with Gasteiger partial charge in [-0.15, -0.1) is 0 Å². The summed E-state index contributed by atoms with van der Waals surface area (Å²) < 4.78 is 28.4. The van der Waals surface area contributed by atoms with E-state index in [9.17, 15) is 4.79 Å². The van der Waals surface area contributed by atoms with Crippen molar-refractivity contribution in [1.29, 1.82) is 0 Å². The minimum Gasteiger partial charge on any atom is -0.437 e. The third kappa shape index (κ3) is 4.83. The lowest BCUT2D eigenvalue weighted by atomic mass is 10.1. The maximum atomic E-state index is 15.2. The van der Waals surface area contributed by atoms with Crippen molar-refractivity contribution in [3.63, 3.8) is 0 Å². The summed E-state index contributed by atoms with van der Waals surface area (Å²) in [6.45, 7) is 5.41. The highest BCUT2D eigenvalue weighted by molar-refractivity contribution is 6.32. The number of ether oxygens (including phenoxy) is 1. The fraction of sp³-hybridized carbons (Fsp3) is 0.400. The summed E-state index contributed by atoms with van der Waals surface area (Å²) in [5.74, 6) is 0.512. The van der Waals surface area contributed by atoms with Crippen molar-refractivity contribution in [2.45, 2.75) is 38.6 Å². The molecular weight excluding hydrogens is 501 g/mol. The smallest absolute Gasteiger partial charge is 0.324 e. The van der Waals surface area contributed by atoms with Gasteiger partial charge >= 0.3 is 6.01 Å². The first-order valence-corrected chi connectivity index (χ1v) is 12.4. The van der Waals surface area contributed by atoms with Gasteiger partial charge in [-0.3, -0.25) is 4.79 Å². The Bertz CT molecular complexity index is 1440. The van der Waals surface area contributed by atoms with Crippen molar-refractivity contribution in [3.05, 3.63) is 53.0 Å². The van der Waals surface area contributed by atoms with Gasteiger partial charge in [-0.25, -0.2) is 14.4 Å². The maximum absolute atomic E-state index is 15.2. The van der Waals surface area contributed by atoms with Gasteiger partial charge in [0.05, 0.1) is 5.02 Å². The highest BCUT2D eigenvalue weighted by Crippen LogP contribution is 2.36. The van der Waals surface area contributed by atoms with Gasteiger partial charge in [-0.05, 0) is 31.0 Å². The van der Waals surface area contributed by atoms with Crippen LogP contribution in [0.3, 0.4) is 0 Å². The number of carbonyl (C=O) groups is 1. The molecule has 1 aliphatic rings. The fourth-order valence-corrected chi connectivity index (χ4v) is 4.59. The van der Waals surface area contributed by atoms with Crippen LogP contribution in [0.2, 0.25) is 5.02 Å². The Morgan fingerprint density at radius 2 is 2.00 bits per heavy atom. The fourth-order valence-electron chi connectivity index (χ4n) is 4.37. The van der Waals surface area contributed by atoms with E-state index in [-0.39, 0.29) is 39.9 Å². The first-order chi connectivity index (χ1) is 17.7. The maximum Gasteiger partial charge on any atom is 0.324 e. The second kappa shape index (κ2) is 9.97. The zero-order valence-electron chi connectivity index (χ0n) is 21.0. The van der Waals surface area contributed by atoms with Crippen LogP contribution in [0.4, 0.5) is 10.4 Å². The number of aromatic nitrogens is 5. The van der Waals surface area contributed by atoms with E-state index in [2.05, 4.69) is 20.1 Å². The Hall–Kier alpha value is -3.73. The van der Waals surface area contributed by atoms with Crippen LogP contribution >= 0.6 is 11.6 Å². The van der Waals surface area contributed by atoms with Crippen LogP contribution < -0.4 is 9.64 Å². The van der Waals surface area contributed by atoms with Crippen LogP contribution in [-0.2, 0) is 0 Å². The van der Waals surface area contributed by atoms with Gasteiger partial charge < -0.3 is 23.6 Å². The van der Waals surface area contributed by atoms with E-state index in [4.69, 9.17) is 20.9 Å². The van der Waals surface area contributed by atoms with Crippen molar-refractivity contribution in [3.8, 4) is 11.6 Å². The average molecular weight is 528 g/mol. The molecule has 1 amide bonds. The molecule has 37 heavy (non-hydrogen) atoms. The Kier molecular flexibility index (Phi) is 6.72. The molecule has 4 heterocycles. The number of hydrogen-bond acceptors (Lipinski definition) is 8. The van der Waals surface area contributed by atoms with Crippen molar-refractivity contribution in [2.75, 3.05) is 32.1 Å². The lowest BCUT2D eigenvalue weighted by molar-refractivity contribution is 0.0827. The molecule has 4 aromatic rings. The molecule has 0 unspecified atom stereocenters. The summed E-state index contributed by atoms with van der Waals surface area (Å²) in [6, 6.07) is 5.22. The Labute approximate surface area is 218 Å². The molecule has 1 aromatic carbocycles. The molecule has 194 valence electrons. The Balaban J connectivity index is 1.36. The van der Waals surface area contributed by atoms with Gasteiger partial charge in [-0.2, -0.15) is 4.98 Å². The zero-order chi connectivity index (χ0) is 26.3. The number of piperidine rings is 1. The number of carbonyl (C=O) groups excluding carboxylic acids is 1. The molecule has 0 saturated carbocycles. The zero-order valence-corrected chi connectivity index (χ0v) is 21.7. The average Bonchev–Trinajstić information content (AvgIpc) is 3.51. The van der Waals surface area contributed by atoms with Crippen LogP contribution in [-0.4, -0.2) is 62.7 Å². The second-order valence-electron chi connectivity index (χ2n) is 9.52. The first-order valence-electron chi connectivity index (χ1n) is 12.0. The summed E-state index contributed by atoms with van der Waals surface area (Å²) in [5.41, 5.74) is 0.858. The molecule has 0 radical (unpaired) electrons. The van der Waals surface area contributed by atoms with E-state index in [0.29, 0.717) is 36.1 Å². The molecule has 3 aromatic heterocycles. The van der Waals surface area contributed by atoms with Crippen molar-refractivity contribution >= 4 is 34.6 Å². The molecule has 10 nitrogen and oxygen atoms in total. The van der Waals surface area contributed by atoms with E-state index >= 15 is 4.39 Å². The van der Waals surface area contributed by atoms with Gasteiger partial charge in [0.25, 0.3) is 5.91 Å². The van der Waals surface area contributed by atoms with E-state index < -0.39 is 5.82 Å². The van der Waals surface area contributed by atoms with Crippen LogP contribution in [0.1, 0.15) is 54.8 Å². The van der Waals surface area contributed by atoms with Gasteiger partial charge in [0, 0.05) is 50.9 Å². The number of rotatable bonds is 6. The highest BCUT2D eigenvalue weighted by atomic mass is 35.5. The number of nitrogens with zero attached hydrogens (tertiary/aromatic N) is 7. The van der Waals surface area contributed by atoms with Crippen LogP contribution in [0, 0.1) is 5.82 Å². The lowest BCUT2D eigenvalue weighted by Gasteiger charge is -2.31. The normalized spacial score (nSPS) is 14.5. The largest absolute Gasteiger partial charge is 0.437 e. The number of amides is 1. The van der Waals surface area contributed by atoms with E-state index in [0.717, 1.165) is 12.8 Å². The van der Waals surface area contributed by atoms with Crippen LogP contribution in [0.15, 0.2) is 35.2 Å². The molecule has 0 atom stereocenters. The van der Waals surface area contributed by atoms with E-state index in [1.807, 2.05) is 23.3 Å². The number of fused-ring (bicyclic) bond motifs is 1. The Morgan fingerprint density at radius 1 is 1.24 bits per heavy atom. The standard InChI is InChI=1S/C25H27ClFN7O3/c1-14(2)21-30-25(37-31-21)33-9-7-16(8-10-33)34-12-18(27)20-22(34)28-13-29-23(20)36-19-6-5-15(11-17(19)26)24(35)32(3)4/h5-6,11-14,16H,7-10H2,1-4H3. The van der Waals surface area contributed by atoms with Crippen molar-refractivity contribution < 1.29 is 18.4 Å². The topological polar surface area (TPSA) is 102 Å². The molecule has 0 aliphatic carbocycles. The molecule has 12 heteroatoms. The number of hydrogen-bond donors (Lipinski definition) is 0. The third-order valence-electron chi connectivity index (χ3n) is 6.40. The predicted molar refractivity (Wildman–Crippen MR) is 136 cm³/mol. The van der Waals surface area contributed by atoms with E-state index in [1.54, 1.807) is 26.2 Å². The quantitative estimate of drug-likeness (QED) is 0.342. The molecule has 1 aliphatic heterocycles. The summed E-state index contributed by atoms with van der Waals surface area (Å²) in [6.07, 6.45) is 4.27. The number of halogens is 2. The molecule has 0 spiro atoms. The Morgan fingerprint density at radius 3 is 2.65 bits per heavy atom. The molecule has 1 saturated heterocycles. The molecule has 1 fully saturated rings. The van der Waals surface area contributed by atoms with Crippen LogP contribution in [0.5, 0.6) is 11.6 Å². The SMILES string of the molecule is CC(C)c1noc(N2CCC(n3cc(F)c4c(Oc5ccc(C(=O)N(C)C)cc5Cl)ncnc43)CC2)n1. The van der Waals surface area contributed by atoms with Crippen LogP contribution in [0.25, 0.3) is 11.0 Å². The first kappa shape index (κ1) is 24.9. The van der Waals surface area contributed by atoms with Gasteiger partial charge in [0.2, 0.25) is 5.88 Å². The number of benzene rings is 1. The predicted octanol–water partition coefficient (Wildman–Crippen LogP) is 5.07. The molecular formula is C25H27ClFN7O3. The lowest BCUT2D eigenvalue weighted by Crippen LogP contribution is -2.34. The van der Waals surface area contributed by atoms with Gasteiger partial charge in [0.15, 0.2) is 17.3 Å². The molecule has 0 bridgehead atoms. The van der Waals surface area contributed by atoms with E-state index in [1.165, 1.54) is 23.5 Å². The monoisotopic (exact) mass is 527 g/mol. The molecule has 5 rings (SSSR count).